The van der Waals surface area contributed by atoms with Gasteiger partial charge in [-0.05, 0) is 49.6 Å². The van der Waals surface area contributed by atoms with E-state index >= 15 is 0 Å². The van der Waals surface area contributed by atoms with Gasteiger partial charge in [0, 0.05) is 12.1 Å². The molecule has 27 heavy (non-hydrogen) atoms. The lowest BCUT2D eigenvalue weighted by Gasteiger charge is -2.25. The fraction of sp³-hybridized carbons (Fsp3) is 0.286. The number of likely N-dealkylation sites (tertiary alicyclic amines) is 1. The summed E-state index contributed by atoms with van der Waals surface area (Å²) in [5.41, 5.74) is 2.79. The van der Waals surface area contributed by atoms with Crippen LogP contribution in [-0.2, 0) is 10.0 Å². The van der Waals surface area contributed by atoms with Crippen LogP contribution in [0.3, 0.4) is 0 Å². The smallest absolute Gasteiger partial charge is 0.254 e. The van der Waals surface area contributed by atoms with Crippen LogP contribution in [-0.4, -0.2) is 32.3 Å². The normalized spacial score (nSPS) is 16.9. The van der Waals surface area contributed by atoms with Crippen LogP contribution in [0.1, 0.15) is 40.4 Å². The van der Waals surface area contributed by atoms with E-state index in [9.17, 15) is 13.2 Å². The average molecular weight is 382 g/mol. The van der Waals surface area contributed by atoms with E-state index in [4.69, 9.17) is 6.42 Å². The van der Waals surface area contributed by atoms with Crippen molar-refractivity contribution >= 4 is 15.9 Å². The number of nitrogens with zero attached hydrogens (tertiary/aromatic N) is 1. The molecule has 0 radical (unpaired) electrons. The molecule has 0 saturated carbocycles. The van der Waals surface area contributed by atoms with Crippen LogP contribution in [0.5, 0.6) is 0 Å². The lowest BCUT2D eigenvalue weighted by Crippen LogP contribution is -2.30. The number of benzene rings is 2. The Hall–Kier alpha value is -2.62. The van der Waals surface area contributed by atoms with Crippen molar-refractivity contribution in [1.82, 2.24) is 9.62 Å². The van der Waals surface area contributed by atoms with Crippen LogP contribution in [0.15, 0.2) is 53.4 Å². The van der Waals surface area contributed by atoms with Gasteiger partial charge in [0.2, 0.25) is 10.0 Å². The van der Waals surface area contributed by atoms with Gasteiger partial charge in [-0.2, -0.15) is 4.72 Å². The predicted molar refractivity (Wildman–Crippen MR) is 105 cm³/mol. The molecule has 5 nitrogen and oxygen atoms in total. The maximum Gasteiger partial charge on any atom is 0.254 e. The van der Waals surface area contributed by atoms with Gasteiger partial charge in [0.15, 0.2) is 0 Å². The second-order valence-electron chi connectivity index (χ2n) is 6.62. The van der Waals surface area contributed by atoms with Crippen molar-refractivity contribution in [2.75, 3.05) is 13.1 Å². The van der Waals surface area contributed by atoms with E-state index in [1.54, 1.807) is 12.1 Å². The molecule has 0 aromatic heterocycles. The minimum atomic E-state index is -3.66. The molecule has 3 rings (SSSR count). The van der Waals surface area contributed by atoms with Gasteiger partial charge in [-0.25, -0.2) is 8.42 Å². The lowest BCUT2D eigenvalue weighted by molar-refractivity contribution is 0.0735. The third-order valence-electron chi connectivity index (χ3n) is 4.75. The Morgan fingerprint density at radius 2 is 1.85 bits per heavy atom. The summed E-state index contributed by atoms with van der Waals surface area (Å²) in [4.78, 5) is 14.9. The molecule has 1 saturated heterocycles. The van der Waals surface area contributed by atoms with Crippen molar-refractivity contribution in [3.8, 4) is 12.3 Å². The van der Waals surface area contributed by atoms with Gasteiger partial charge in [-0.15, -0.1) is 6.42 Å². The van der Waals surface area contributed by atoms with Crippen LogP contribution in [0, 0.1) is 19.3 Å². The number of terminal acetylenes is 1. The van der Waals surface area contributed by atoms with Gasteiger partial charge >= 0.3 is 0 Å². The van der Waals surface area contributed by atoms with Crippen molar-refractivity contribution in [2.45, 2.75) is 30.7 Å². The molecular weight excluding hydrogens is 360 g/mol. The highest BCUT2D eigenvalue weighted by Gasteiger charge is 2.30. The summed E-state index contributed by atoms with van der Waals surface area (Å²) in [6.45, 7) is 2.66. The van der Waals surface area contributed by atoms with Gasteiger partial charge in [0.1, 0.15) is 0 Å². The first-order valence-electron chi connectivity index (χ1n) is 8.83. The van der Waals surface area contributed by atoms with Crippen molar-refractivity contribution in [3.05, 3.63) is 65.2 Å². The van der Waals surface area contributed by atoms with Crippen LogP contribution < -0.4 is 4.72 Å². The number of hydrogen-bond acceptors (Lipinski definition) is 3. The average Bonchev–Trinajstić information content (AvgIpc) is 3.16. The number of aryl methyl sites for hydroxylation is 1. The topological polar surface area (TPSA) is 66.5 Å². The number of amides is 1. The molecule has 1 amide bonds. The molecule has 0 spiro atoms. The molecule has 1 aliphatic heterocycles. The first-order chi connectivity index (χ1) is 12.9. The zero-order valence-electron chi connectivity index (χ0n) is 15.2. The Labute approximate surface area is 160 Å². The Balaban J connectivity index is 1.79. The molecule has 6 heteroatoms. The number of carbonyl (C=O) groups is 1. The molecule has 2 aromatic rings. The predicted octanol–water partition coefficient (Wildman–Crippen LogP) is 2.88. The van der Waals surface area contributed by atoms with E-state index < -0.39 is 10.0 Å². The number of hydrogen-bond donors (Lipinski definition) is 1. The Bertz CT molecular complexity index is 958. The zero-order valence-corrected chi connectivity index (χ0v) is 16.0. The van der Waals surface area contributed by atoms with Crippen molar-refractivity contribution in [1.29, 1.82) is 0 Å². The number of sulfonamides is 1. The summed E-state index contributed by atoms with van der Waals surface area (Å²) >= 11 is 0. The van der Waals surface area contributed by atoms with Crippen molar-refractivity contribution < 1.29 is 13.2 Å². The Morgan fingerprint density at radius 1 is 1.19 bits per heavy atom. The Kier molecular flexibility index (Phi) is 5.64. The standard InChI is InChI=1S/C21H22N2O3S/c1-3-14-22-27(25,26)19-12-10-18(11-13-19)21(24)23-15-4-5-20(23)17-8-6-16(2)7-9-17/h1,6-13,20,22H,4-5,14-15H2,2H3. The summed E-state index contributed by atoms with van der Waals surface area (Å²) in [6.07, 6.45) is 6.97. The highest BCUT2D eigenvalue weighted by atomic mass is 32.2. The largest absolute Gasteiger partial charge is 0.332 e. The second kappa shape index (κ2) is 7.95. The van der Waals surface area contributed by atoms with Crippen LogP contribution in [0.25, 0.3) is 0 Å². The Morgan fingerprint density at radius 3 is 2.48 bits per heavy atom. The van der Waals surface area contributed by atoms with Gasteiger partial charge in [0.25, 0.3) is 5.91 Å². The summed E-state index contributed by atoms with van der Waals surface area (Å²) in [5, 5.41) is 0. The van der Waals surface area contributed by atoms with Crippen molar-refractivity contribution in [3.63, 3.8) is 0 Å². The fourth-order valence-corrected chi connectivity index (χ4v) is 4.24. The molecule has 1 aliphatic rings. The van der Waals surface area contributed by atoms with E-state index in [1.165, 1.54) is 17.7 Å². The van der Waals surface area contributed by atoms with Gasteiger partial charge in [0.05, 0.1) is 17.5 Å². The number of nitrogens with one attached hydrogen (secondary N) is 1. The van der Waals surface area contributed by atoms with Crippen LogP contribution in [0.2, 0.25) is 0 Å². The fourth-order valence-electron chi connectivity index (χ4n) is 3.31. The first-order valence-corrected chi connectivity index (χ1v) is 10.3. The molecule has 140 valence electrons. The minimum Gasteiger partial charge on any atom is -0.332 e. The van der Waals surface area contributed by atoms with E-state index in [0.717, 1.165) is 18.4 Å². The summed E-state index contributed by atoms with van der Waals surface area (Å²) in [6, 6.07) is 14.3. The number of rotatable bonds is 5. The van der Waals surface area contributed by atoms with Crippen molar-refractivity contribution in [2.24, 2.45) is 0 Å². The molecule has 1 fully saturated rings. The van der Waals surface area contributed by atoms with Gasteiger partial charge in [-0.1, -0.05) is 35.7 Å². The third-order valence-corrected chi connectivity index (χ3v) is 6.17. The van der Waals surface area contributed by atoms with Gasteiger partial charge in [-0.3, -0.25) is 4.79 Å². The summed E-state index contributed by atoms with van der Waals surface area (Å²) in [7, 11) is -3.66. The molecule has 1 heterocycles. The van der Waals surface area contributed by atoms with Gasteiger partial charge < -0.3 is 4.90 Å². The lowest BCUT2D eigenvalue weighted by atomic mass is 10.0. The summed E-state index contributed by atoms with van der Waals surface area (Å²) in [5.74, 6) is 2.15. The molecule has 1 unspecified atom stereocenters. The van der Waals surface area contributed by atoms with E-state index in [1.807, 2.05) is 11.8 Å². The molecule has 1 N–H and O–H groups in total. The first kappa shape index (κ1) is 19.2. The quantitative estimate of drug-likeness (QED) is 0.809. The highest BCUT2D eigenvalue weighted by Crippen LogP contribution is 2.33. The molecule has 0 bridgehead atoms. The molecule has 2 aromatic carbocycles. The maximum absolute atomic E-state index is 13.0. The van der Waals surface area contributed by atoms with Crippen LogP contribution in [0.4, 0.5) is 0 Å². The van der Waals surface area contributed by atoms with E-state index in [2.05, 4.69) is 34.9 Å². The maximum atomic E-state index is 13.0. The zero-order chi connectivity index (χ0) is 19.4. The molecule has 1 atom stereocenters. The third kappa shape index (κ3) is 4.21. The highest BCUT2D eigenvalue weighted by molar-refractivity contribution is 7.89. The minimum absolute atomic E-state index is 0.0544. The van der Waals surface area contributed by atoms with Crippen LogP contribution >= 0.6 is 0 Å². The van der Waals surface area contributed by atoms with E-state index in [-0.39, 0.29) is 23.4 Å². The molecule has 0 aliphatic carbocycles. The second-order valence-corrected chi connectivity index (χ2v) is 8.39. The summed E-state index contributed by atoms with van der Waals surface area (Å²) < 4.78 is 26.5. The van der Waals surface area contributed by atoms with E-state index in [0.29, 0.717) is 12.1 Å². The molecular formula is C21H22N2O3S. The monoisotopic (exact) mass is 382 g/mol. The SMILES string of the molecule is C#CCNS(=O)(=O)c1ccc(C(=O)N2CCCC2c2ccc(C)cc2)cc1. The number of carbonyl (C=O) groups excluding carboxylic acids is 1.